The molecule has 0 aliphatic carbocycles. The van der Waals surface area contributed by atoms with Crippen molar-refractivity contribution in [3.63, 3.8) is 0 Å². The standard InChI is InChI=1S/C14H29N3O4/c1-10(9-18)16-12(19)11(7-5-6-8-15)17-13(20)21-14(2,3)4/h10-11,18H,5-9,15H2,1-4H3,(H,16,19)(H,17,20)/t10?,11-/m0/s1. The van der Waals surface area contributed by atoms with Crippen LogP contribution in [0.1, 0.15) is 47.0 Å². The van der Waals surface area contributed by atoms with Crippen LogP contribution in [0.2, 0.25) is 0 Å². The smallest absolute Gasteiger partial charge is 0.408 e. The lowest BCUT2D eigenvalue weighted by atomic mass is 10.1. The minimum absolute atomic E-state index is 0.159. The summed E-state index contributed by atoms with van der Waals surface area (Å²) in [6, 6.07) is -1.06. The molecule has 0 aliphatic heterocycles. The van der Waals surface area contributed by atoms with Gasteiger partial charge in [0.05, 0.1) is 6.61 Å². The molecule has 0 aliphatic rings. The molecular weight excluding hydrogens is 274 g/mol. The van der Waals surface area contributed by atoms with E-state index in [1.54, 1.807) is 27.7 Å². The molecule has 0 aromatic rings. The third-order valence-corrected chi connectivity index (χ3v) is 2.62. The lowest BCUT2D eigenvalue weighted by molar-refractivity contribution is -0.124. The summed E-state index contributed by atoms with van der Waals surface area (Å²) < 4.78 is 5.15. The number of carbonyl (C=O) groups is 2. The van der Waals surface area contributed by atoms with Crippen molar-refractivity contribution < 1.29 is 19.4 Å². The van der Waals surface area contributed by atoms with E-state index in [9.17, 15) is 9.59 Å². The maximum atomic E-state index is 12.1. The summed E-state index contributed by atoms with van der Waals surface area (Å²) >= 11 is 0. The molecule has 0 fully saturated rings. The van der Waals surface area contributed by atoms with Crippen LogP contribution in [0.5, 0.6) is 0 Å². The highest BCUT2D eigenvalue weighted by Crippen LogP contribution is 2.08. The van der Waals surface area contributed by atoms with Crippen molar-refractivity contribution in [2.45, 2.75) is 64.6 Å². The van der Waals surface area contributed by atoms with Crippen molar-refractivity contribution in [3.05, 3.63) is 0 Å². The van der Waals surface area contributed by atoms with Gasteiger partial charge in [0.25, 0.3) is 0 Å². The van der Waals surface area contributed by atoms with E-state index in [0.29, 0.717) is 13.0 Å². The van der Waals surface area contributed by atoms with Crippen LogP contribution in [0.4, 0.5) is 4.79 Å². The summed E-state index contributed by atoms with van der Waals surface area (Å²) in [4.78, 5) is 23.9. The number of aliphatic hydroxyl groups is 1. The van der Waals surface area contributed by atoms with Crippen molar-refractivity contribution in [2.24, 2.45) is 5.73 Å². The summed E-state index contributed by atoms with van der Waals surface area (Å²) in [6.07, 6.45) is 1.33. The molecule has 21 heavy (non-hydrogen) atoms. The van der Waals surface area contributed by atoms with Gasteiger partial charge in [0, 0.05) is 6.04 Å². The first kappa shape index (κ1) is 19.7. The maximum absolute atomic E-state index is 12.1. The Morgan fingerprint density at radius 1 is 1.24 bits per heavy atom. The molecule has 1 unspecified atom stereocenters. The highest BCUT2D eigenvalue weighted by atomic mass is 16.6. The minimum atomic E-state index is -0.694. The topological polar surface area (TPSA) is 114 Å². The van der Waals surface area contributed by atoms with Gasteiger partial charge in [0.15, 0.2) is 0 Å². The predicted octanol–water partition coefficient (Wildman–Crippen LogP) is 0.506. The van der Waals surface area contributed by atoms with Crippen molar-refractivity contribution in [2.75, 3.05) is 13.2 Å². The zero-order valence-corrected chi connectivity index (χ0v) is 13.4. The molecule has 2 amide bonds. The average Bonchev–Trinajstić information content (AvgIpc) is 2.35. The van der Waals surface area contributed by atoms with E-state index in [1.807, 2.05) is 0 Å². The van der Waals surface area contributed by atoms with Gasteiger partial charge < -0.3 is 26.2 Å². The second-order valence-electron chi connectivity index (χ2n) is 6.08. The molecule has 0 aromatic heterocycles. The van der Waals surface area contributed by atoms with Gasteiger partial charge in [-0.05, 0) is 53.5 Å². The fourth-order valence-electron chi connectivity index (χ4n) is 1.60. The van der Waals surface area contributed by atoms with Gasteiger partial charge in [-0.25, -0.2) is 4.79 Å². The van der Waals surface area contributed by atoms with Crippen LogP contribution >= 0.6 is 0 Å². The first-order valence-electron chi connectivity index (χ1n) is 7.30. The van der Waals surface area contributed by atoms with E-state index in [-0.39, 0.29) is 18.6 Å². The Kier molecular flexibility index (Phi) is 8.96. The van der Waals surface area contributed by atoms with E-state index in [1.165, 1.54) is 0 Å². The molecule has 0 heterocycles. The lowest BCUT2D eigenvalue weighted by Gasteiger charge is -2.24. The fraction of sp³-hybridized carbons (Fsp3) is 0.857. The normalized spacial score (nSPS) is 14.2. The van der Waals surface area contributed by atoms with E-state index < -0.39 is 17.7 Å². The summed E-state index contributed by atoms with van der Waals surface area (Å²) in [7, 11) is 0. The molecule has 7 nitrogen and oxygen atoms in total. The molecule has 7 heteroatoms. The number of alkyl carbamates (subject to hydrolysis) is 1. The monoisotopic (exact) mass is 303 g/mol. The quantitative estimate of drug-likeness (QED) is 0.488. The number of nitrogens with two attached hydrogens (primary N) is 1. The van der Waals surface area contributed by atoms with E-state index in [2.05, 4.69) is 10.6 Å². The zero-order chi connectivity index (χ0) is 16.5. The van der Waals surface area contributed by atoms with Gasteiger partial charge in [-0.1, -0.05) is 0 Å². The van der Waals surface area contributed by atoms with Crippen LogP contribution in [0, 0.1) is 0 Å². The molecule has 0 bridgehead atoms. The van der Waals surface area contributed by atoms with Crippen LogP contribution in [0.3, 0.4) is 0 Å². The summed E-state index contributed by atoms with van der Waals surface area (Å²) in [5.41, 5.74) is 4.81. The molecule has 0 rings (SSSR count). The first-order chi connectivity index (χ1) is 9.69. The van der Waals surface area contributed by atoms with Gasteiger partial charge in [-0.3, -0.25) is 4.79 Å². The molecule has 5 N–H and O–H groups in total. The van der Waals surface area contributed by atoms with Crippen LogP contribution in [-0.2, 0) is 9.53 Å². The number of rotatable bonds is 8. The molecule has 0 spiro atoms. The number of ether oxygens (including phenoxy) is 1. The molecule has 0 radical (unpaired) electrons. The Morgan fingerprint density at radius 3 is 2.33 bits per heavy atom. The van der Waals surface area contributed by atoms with Crippen molar-refractivity contribution in [1.82, 2.24) is 10.6 Å². The minimum Gasteiger partial charge on any atom is -0.444 e. The molecular formula is C14H29N3O4. The van der Waals surface area contributed by atoms with Gasteiger partial charge in [0.1, 0.15) is 11.6 Å². The number of aliphatic hydroxyl groups excluding tert-OH is 1. The molecule has 0 saturated carbocycles. The molecule has 124 valence electrons. The van der Waals surface area contributed by atoms with E-state index >= 15 is 0 Å². The van der Waals surface area contributed by atoms with Crippen LogP contribution in [0.15, 0.2) is 0 Å². The van der Waals surface area contributed by atoms with Gasteiger partial charge >= 0.3 is 6.09 Å². The first-order valence-corrected chi connectivity index (χ1v) is 7.30. The number of hydrogen-bond donors (Lipinski definition) is 4. The highest BCUT2D eigenvalue weighted by Gasteiger charge is 2.24. The number of nitrogens with one attached hydrogen (secondary N) is 2. The summed E-state index contributed by atoms with van der Waals surface area (Å²) in [5.74, 6) is -0.334. The SMILES string of the molecule is CC(CO)NC(=O)[C@H](CCCCN)NC(=O)OC(C)(C)C. The second kappa shape index (κ2) is 9.57. The van der Waals surface area contributed by atoms with Gasteiger partial charge in [0.2, 0.25) is 5.91 Å². The highest BCUT2D eigenvalue weighted by molar-refractivity contribution is 5.85. The maximum Gasteiger partial charge on any atom is 0.408 e. The van der Waals surface area contributed by atoms with E-state index in [4.69, 9.17) is 15.6 Å². The van der Waals surface area contributed by atoms with Gasteiger partial charge in [-0.15, -0.1) is 0 Å². The van der Waals surface area contributed by atoms with Crippen molar-refractivity contribution >= 4 is 12.0 Å². The van der Waals surface area contributed by atoms with Crippen molar-refractivity contribution in [1.29, 1.82) is 0 Å². The van der Waals surface area contributed by atoms with E-state index in [0.717, 1.165) is 12.8 Å². The fourth-order valence-corrected chi connectivity index (χ4v) is 1.60. The van der Waals surface area contributed by atoms with Crippen LogP contribution < -0.4 is 16.4 Å². The third-order valence-electron chi connectivity index (χ3n) is 2.62. The number of carbonyl (C=O) groups excluding carboxylic acids is 2. The van der Waals surface area contributed by atoms with Crippen LogP contribution in [-0.4, -0.2) is 47.9 Å². The molecule has 0 saturated heterocycles. The molecule has 0 aromatic carbocycles. The predicted molar refractivity (Wildman–Crippen MR) is 80.8 cm³/mol. The average molecular weight is 303 g/mol. The van der Waals surface area contributed by atoms with Crippen molar-refractivity contribution in [3.8, 4) is 0 Å². The Labute approximate surface area is 126 Å². The largest absolute Gasteiger partial charge is 0.444 e. The van der Waals surface area contributed by atoms with Crippen LogP contribution in [0.25, 0.3) is 0 Å². The lowest BCUT2D eigenvalue weighted by Crippen LogP contribution is -2.50. The van der Waals surface area contributed by atoms with Gasteiger partial charge in [-0.2, -0.15) is 0 Å². The Bertz CT molecular complexity index is 329. The number of amides is 2. The second-order valence-corrected chi connectivity index (χ2v) is 6.08. The summed E-state index contributed by atoms with van der Waals surface area (Å²) in [6.45, 7) is 7.32. The number of hydrogen-bond acceptors (Lipinski definition) is 5. The molecule has 2 atom stereocenters. The Balaban J connectivity index is 4.57. The third kappa shape index (κ3) is 10.1. The summed E-state index contributed by atoms with van der Waals surface area (Å²) in [5, 5.41) is 14.2. The zero-order valence-electron chi connectivity index (χ0n) is 13.4. The number of unbranched alkanes of at least 4 members (excludes halogenated alkanes) is 1. The Morgan fingerprint density at radius 2 is 1.86 bits per heavy atom. The Hall–Kier alpha value is -1.34.